The molecule has 180 valence electrons. The topological polar surface area (TPSA) is 84.3 Å². The van der Waals surface area contributed by atoms with Crippen molar-refractivity contribution < 1.29 is 9.47 Å². The van der Waals surface area contributed by atoms with Crippen molar-refractivity contribution in [1.29, 1.82) is 0 Å². The van der Waals surface area contributed by atoms with E-state index in [1.165, 1.54) is 5.56 Å². The Balaban J connectivity index is 1.21. The van der Waals surface area contributed by atoms with Gasteiger partial charge in [-0.05, 0) is 49.1 Å². The van der Waals surface area contributed by atoms with Crippen LogP contribution in [-0.4, -0.2) is 53.4 Å². The van der Waals surface area contributed by atoms with Gasteiger partial charge in [-0.25, -0.2) is 14.5 Å². The smallest absolute Gasteiger partial charge is 0.157 e. The number of imidazole rings is 2. The van der Waals surface area contributed by atoms with Gasteiger partial charge in [-0.15, -0.1) is 0 Å². The predicted octanol–water partition coefficient (Wildman–Crippen LogP) is 4.17. The van der Waals surface area contributed by atoms with Crippen molar-refractivity contribution in [3.63, 3.8) is 0 Å². The number of aryl methyl sites for hydroxylation is 1. The molecule has 1 aliphatic rings. The zero-order chi connectivity index (χ0) is 23.8. The number of aromatic nitrogens is 7. The number of fused-ring (bicyclic) bond motifs is 2. The second-order valence-corrected chi connectivity index (χ2v) is 9.16. The molecule has 1 aromatic carbocycles. The average molecular weight is 472 g/mol. The molecule has 0 amide bonds. The molecule has 6 rings (SSSR count). The summed E-state index contributed by atoms with van der Waals surface area (Å²) in [4.78, 5) is 9.03. The zero-order valence-corrected chi connectivity index (χ0v) is 20.0. The maximum atomic E-state index is 5.85. The minimum atomic E-state index is -0.0805. The maximum Gasteiger partial charge on any atom is 0.157 e. The third-order valence-corrected chi connectivity index (χ3v) is 6.77. The third kappa shape index (κ3) is 4.33. The Morgan fingerprint density at radius 1 is 1.14 bits per heavy atom. The van der Waals surface area contributed by atoms with Crippen molar-refractivity contribution in [3.8, 4) is 11.3 Å². The van der Waals surface area contributed by atoms with E-state index in [2.05, 4.69) is 40.2 Å². The molecule has 0 aliphatic carbocycles. The molecule has 35 heavy (non-hydrogen) atoms. The normalized spacial score (nSPS) is 17.4. The number of ether oxygens (including phenoxy) is 2. The fourth-order valence-corrected chi connectivity index (χ4v) is 4.66. The van der Waals surface area contributed by atoms with Crippen molar-refractivity contribution in [1.82, 2.24) is 33.9 Å². The summed E-state index contributed by atoms with van der Waals surface area (Å²) in [5, 5.41) is 9.42. The van der Waals surface area contributed by atoms with E-state index in [-0.39, 0.29) is 12.2 Å². The monoisotopic (exact) mass is 471 g/mol. The van der Waals surface area contributed by atoms with Gasteiger partial charge in [-0.3, -0.25) is 4.68 Å². The van der Waals surface area contributed by atoms with Crippen LogP contribution in [0.2, 0.25) is 0 Å². The zero-order valence-electron chi connectivity index (χ0n) is 20.0. The molecule has 5 heterocycles. The van der Waals surface area contributed by atoms with Gasteiger partial charge in [0, 0.05) is 31.3 Å². The third-order valence-electron chi connectivity index (χ3n) is 6.77. The molecule has 4 aromatic heterocycles. The van der Waals surface area contributed by atoms with E-state index in [1.807, 2.05) is 57.9 Å². The van der Waals surface area contributed by atoms with Crippen molar-refractivity contribution in [2.75, 3.05) is 13.2 Å². The van der Waals surface area contributed by atoms with Gasteiger partial charge < -0.3 is 14.0 Å². The van der Waals surface area contributed by atoms with Gasteiger partial charge in [0.1, 0.15) is 0 Å². The molecule has 2 unspecified atom stereocenters. The second kappa shape index (κ2) is 9.24. The van der Waals surface area contributed by atoms with Crippen molar-refractivity contribution in [2.24, 2.45) is 7.05 Å². The molecule has 1 aliphatic heterocycles. The second-order valence-electron chi connectivity index (χ2n) is 9.16. The van der Waals surface area contributed by atoms with E-state index >= 15 is 0 Å². The van der Waals surface area contributed by atoms with Gasteiger partial charge in [0.2, 0.25) is 0 Å². The highest BCUT2D eigenvalue weighted by molar-refractivity contribution is 5.76. The van der Waals surface area contributed by atoms with Crippen molar-refractivity contribution in [3.05, 3.63) is 66.5 Å². The molecule has 2 atom stereocenters. The lowest BCUT2D eigenvalue weighted by Crippen LogP contribution is -2.24. The summed E-state index contributed by atoms with van der Waals surface area (Å²) in [7, 11) is 2.02. The Morgan fingerprint density at radius 3 is 2.97 bits per heavy atom. The van der Waals surface area contributed by atoms with Crippen LogP contribution >= 0.6 is 0 Å². The van der Waals surface area contributed by atoms with Crippen LogP contribution in [-0.2, 0) is 23.1 Å². The van der Waals surface area contributed by atoms with Gasteiger partial charge in [0.15, 0.2) is 11.9 Å². The van der Waals surface area contributed by atoms with Crippen LogP contribution in [0.15, 0.2) is 55.2 Å². The largest absolute Gasteiger partial charge is 0.353 e. The van der Waals surface area contributed by atoms with Crippen molar-refractivity contribution >= 4 is 16.7 Å². The lowest BCUT2D eigenvalue weighted by atomic mass is 9.98. The number of nitrogens with zero attached hydrogens (tertiary/aromatic N) is 7. The van der Waals surface area contributed by atoms with Gasteiger partial charge in [-0.2, -0.15) is 10.2 Å². The highest BCUT2D eigenvalue weighted by Gasteiger charge is 2.17. The minimum absolute atomic E-state index is 0.0805. The molecular formula is C26H29N7O2. The first kappa shape index (κ1) is 21.9. The van der Waals surface area contributed by atoms with Gasteiger partial charge >= 0.3 is 0 Å². The van der Waals surface area contributed by atoms with E-state index in [1.54, 1.807) is 0 Å². The first-order valence-electron chi connectivity index (χ1n) is 12.2. The van der Waals surface area contributed by atoms with E-state index in [4.69, 9.17) is 14.6 Å². The van der Waals surface area contributed by atoms with E-state index in [0.29, 0.717) is 13.2 Å². The van der Waals surface area contributed by atoms with E-state index in [9.17, 15) is 0 Å². The first-order valence-corrected chi connectivity index (χ1v) is 12.2. The summed E-state index contributed by atoms with van der Waals surface area (Å²) in [5.41, 5.74) is 6.99. The van der Waals surface area contributed by atoms with Gasteiger partial charge in [0.05, 0.1) is 54.3 Å². The molecule has 0 radical (unpaired) electrons. The number of hydrogen-bond donors (Lipinski definition) is 0. The Bertz CT molecular complexity index is 1460. The molecule has 0 saturated carbocycles. The molecule has 9 heteroatoms. The summed E-state index contributed by atoms with van der Waals surface area (Å²) in [6.07, 6.45) is 10.8. The van der Waals surface area contributed by atoms with Crippen LogP contribution in [0.5, 0.6) is 0 Å². The Labute approximate surface area is 203 Å². The quantitative estimate of drug-likeness (QED) is 0.354. The van der Waals surface area contributed by atoms with E-state index < -0.39 is 0 Å². The lowest BCUT2D eigenvalue weighted by molar-refractivity contribution is -0.163. The fourth-order valence-electron chi connectivity index (χ4n) is 4.66. The Hall–Kier alpha value is -3.56. The molecule has 0 spiro atoms. The number of rotatable bonds is 7. The van der Waals surface area contributed by atoms with Crippen molar-refractivity contribution in [2.45, 2.75) is 44.9 Å². The Morgan fingerprint density at radius 2 is 2.09 bits per heavy atom. The summed E-state index contributed by atoms with van der Waals surface area (Å²) in [6, 6.07) is 10.4. The van der Waals surface area contributed by atoms with Crippen LogP contribution in [0.3, 0.4) is 0 Å². The Kier molecular flexibility index (Phi) is 5.79. The molecular weight excluding hydrogens is 442 g/mol. The van der Waals surface area contributed by atoms with Crippen LogP contribution in [0.25, 0.3) is 27.9 Å². The minimum Gasteiger partial charge on any atom is -0.353 e. The number of benzene rings is 1. The predicted molar refractivity (Wildman–Crippen MR) is 132 cm³/mol. The SMILES string of the molecule is CC(c1ccc2ncn(C)c2c1)c1cnc2ccc(-c3cnn(CCOC4CCCCO4)c3)nn12. The molecule has 1 saturated heterocycles. The van der Waals surface area contributed by atoms with Crippen LogP contribution in [0, 0.1) is 0 Å². The molecule has 0 bridgehead atoms. The standard InChI is InChI=1S/C26H29N7O2/c1-18(19-6-7-22-23(13-19)31(2)17-28-22)24-15-27-25-9-8-21(30-33(24)25)20-14-29-32(16-20)10-12-35-26-5-3-4-11-34-26/h6-9,13-18,26H,3-5,10-12H2,1-2H3. The van der Waals surface area contributed by atoms with Gasteiger partial charge in [-0.1, -0.05) is 13.0 Å². The highest BCUT2D eigenvalue weighted by Crippen LogP contribution is 2.28. The summed E-state index contributed by atoms with van der Waals surface area (Å²) in [5.74, 6) is 0.119. The molecule has 1 fully saturated rings. The summed E-state index contributed by atoms with van der Waals surface area (Å²) >= 11 is 0. The van der Waals surface area contributed by atoms with Gasteiger partial charge in [0.25, 0.3) is 0 Å². The number of hydrogen-bond acceptors (Lipinski definition) is 6. The summed E-state index contributed by atoms with van der Waals surface area (Å²) < 4.78 is 17.4. The molecule has 9 nitrogen and oxygen atoms in total. The first-order chi connectivity index (χ1) is 17.2. The molecule has 0 N–H and O–H groups in total. The lowest BCUT2D eigenvalue weighted by Gasteiger charge is -2.22. The van der Waals surface area contributed by atoms with Crippen LogP contribution < -0.4 is 0 Å². The maximum absolute atomic E-state index is 5.85. The average Bonchev–Trinajstić information content (AvgIpc) is 3.63. The fraction of sp³-hybridized carbons (Fsp3) is 0.385. The summed E-state index contributed by atoms with van der Waals surface area (Å²) in [6.45, 7) is 4.22. The van der Waals surface area contributed by atoms with Crippen LogP contribution in [0.1, 0.15) is 43.4 Å². The van der Waals surface area contributed by atoms with Crippen LogP contribution in [0.4, 0.5) is 0 Å². The van der Waals surface area contributed by atoms with E-state index in [0.717, 1.165) is 59.5 Å². The highest BCUT2D eigenvalue weighted by atomic mass is 16.7. The molecule has 5 aromatic rings.